The van der Waals surface area contributed by atoms with E-state index in [1.165, 1.54) is 25.7 Å². The first-order chi connectivity index (χ1) is 7.29. The third-order valence-corrected chi connectivity index (χ3v) is 2.16. The fraction of sp³-hybridized carbons (Fsp3) is 0.875. The molecule has 0 aliphatic heterocycles. The molecule has 0 bridgehead atoms. The number of hydrogen-bond acceptors (Lipinski definition) is 3. The molecule has 6 N–H and O–H groups in total. The van der Waals surface area contributed by atoms with Crippen molar-refractivity contribution < 1.29 is 17.5 Å². The van der Waals surface area contributed by atoms with Gasteiger partial charge in [0.2, 0.25) is 0 Å². The summed E-state index contributed by atoms with van der Waals surface area (Å²) in [6.45, 7) is 0. The molecule has 1 fully saturated rings. The van der Waals surface area contributed by atoms with Gasteiger partial charge in [0, 0.05) is 0 Å². The molecule has 96 valence electrons. The third kappa shape index (κ3) is 13.1. The number of nitrogens with two attached hydrogens (primary N) is 2. The molecular weight excluding hydrogens is 234 g/mol. The minimum atomic E-state index is -4.67. The maximum atomic E-state index is 8.74. The average Bonchev–Trinajstić information content (AvgIpc) is 2.28. The lowest BCUT2D eigenvalue weighted by molar-refractivity contribution is 0.381. The molecular formula is C8H19N3O4S. The van der Waals surface area contributed by atoms with Gasteiger partial charge in [-0.05, 0) is 12.8 Å². The van der Waals surface area contributed by atoms with E-state index < -0.39 is 10.4 Å². The Kier molecular flexibility index (Phi) is 7.02. The quantitative estimate of drug-likeness (QED) is 0.230. The molecule has 0 aromatic carbocycles. The molecule has 0 saturated heterocycles. The van der Waals surface area contributed by atoms with E-state index in [2.05, 4.69) is 4.99 Å². The molecule has 0 unspecified atom stereocenters. The molecule has 0 heterocycles. The standard InChI is InChI=1S/C8H17N3.H2O4S/c9-8(10)11-7-5-3-1-2-4-6-7;1-5(2,3)4/h7H,1-6H2,(H4,9,10,11);(H2,1,2,3,4). The number of aliphatic imine (C=N–C) groups is 1. The molecule has 1 aliphatic rings. The Balaban J connectivity index is 0.000000385. The zero-order valence-electron chi connectivity index (χ0n) is 9.04. The van der Waals surface area contributed by atoms with Crippen LogP contribution in [0.3, 0.4) is 0 Å². The first-order valence-electron chi connectivity index (χ1n) is 5.07. The van der Waals surface area contributed by atoms with Gasteiger partial charge in [-0.25, -0.2) is 0 Å². The van der Waals surface area contributed by atoms with Crippen LogP contribution in [0.5, 0.6) is 0 Å². The number of rotatable bonds is 1. The monoisotopic (exact) mass is 253 g/mol. The SMILES string of the molecule is NC(N)=NC1CCCCCC1.O=S(=O)(O)O. The number of nitrogens with zero attached hydrogens (tertiary/aromatic N) is 1. The van der Waals surface area contributed by atoms with Crippen LogP contribution in [0.25, 0.3) is 0 Å². The maximum Gasteiger partial charge on any atom is 0.394 e. The second-order valence-electron chi connectivity index (χ2n) is 3.65. The summed E-state index contributed by atoms with van der Waals surface area (Å²) >= 11 is 0. The zero-order chi connectivity index (χ0) is 12.6. The van der Waals surface area contributed by atoms with Gasteiger partial charge in [0.15, 0.2) is 5.96 Å². The summed E-state index contributed by atoms with van der Waals surface area (Å²) in [5.74, 6) is 0.247. The summed E-state index contributed by atoms with van der Waals surface area (Å²) < 4.78 is 31.6. The summed E-state index contributed by atoms with van der Waals surface area (Å²) in [4.78, 5) is 4.17. The highest BCUT2D eigenvalue weighted by atomic mass is 32.3. The fourth-order valence-corrected chi connectivity index (χ4v) is 1.60. The molecule has 0 atom stereocenters. The van der Waals surface area contributed by atoms with Crippen molar-refractivity contribution in [3.8, 4) is 0 Å². The van der Waals surface area contributed by atoms with Crippen LogP contribution in [-0.4, -0.2) is 29.5 Å². The molecule has 0 amide bonds. The Morgan fingerprint density at radius 2 is 1.44 bits per heavy atom. The Hall–Kier alpha value is -0.860. The van der Waals surface area contributed by atoms with E-state index in [1.807, 2.05) is 0 Å². The second-order valence-corrected chi connectivity index (χ2v) is 4.54. The molecule has 16 heavy (non-hydrogen) atoms. The topological polar surface area (TPSA) is 139 Å². The fourth-order valence-electron chi connectivity index (χ4n) is 1.60. The van der Waals surface area contributed by atoms with Gasteiger partial charge in [-0.1, -0.05) is 25.7 Å². The highest BCUT2D eigenvalue weighted by molar-refractivity contribution is 7.79. The molecule has 1 aliphatic carbocycles. The van der Waals surface area contributed by atoms with Crippen molar-refractivity contribution in [1.29, 1.82) is 0 Å². The van der Waals surface area contributed by atoms with Crippen LogP contribution in [0.1, 0.15) is 38.5 Å². The average molecular weight is 253 g/mol. The molecule has 8 heteroatoms. The lowest BCUT2D eigenvalue weighted by Crippen LogP contribution is -2.25. The Morgan fingerprint density at radius 3 is 1.75 bits per heavy atom. The van der Waals surface area contributed by atoms with Crippen molar-refractivity contribution in [3.63, 3.8) is 0 Å². The predicted octanol–water partition coefficient (Wildman–Crippen LogP) is 0.330. The first kappa shape index (κ1) is 15.1. The van der Waals surface area contributed by atoms with E-state index >= 15 is 0 Å². The van der Waals surface area contributed by atoms with Gasteiger partial charge in [0.05, 0.1) is 6.04 Å². The van der Waals surface area contributed by atoms with Gasteiger partial charge >= 0.3 is 10.4 Å². The Labute approximate surface area is 95.5 Å². The van der Waals surface area contributed by atoms with Crippen molar-refractivity contribution in [3.05, 3.63) is 0 Å². The van der Waals surface area contributed by atoms with E-state index in [-0.39, 0.29) is 5.96 Å². The highest BCUT2D eigenvalue weighted by Gasteiger charge is 2.10. The van der Waals surface area contributed by atoms with Crippen molar-refractivity contribution >= 4 is 16.4 Å². The van der Waals surface area contributed by atoms with E-state index in [0.717, 1.165) is 12.8 Å². The minimum Gasteiger partial charge on any atom is -0.370 e. The molecule has 0 aromatic heterocycles. The smallest absolute Gasteiger partial charge is 0.370 e. The van der Waals surface area contributed by atoms with Crippen LogP contribution in [0, 0.1) is 0 Å². The summed E-state index contributed by atoms with van der Waals surface area (Å²) in [5, 5.41) is 0. The van der Waals surface area contributed by atoms with E-state index in [1.54, 1.807) is 0 Å². The maximum absolute atomic E-state index is 8.74. The van der Waals surface area contributed by atoms with Crippen molar-refractivity contribution in [2.45, 2.75) is 44.6 Å². The van der Waals surface area contributed by atoms with Gasteiger partial charge in [-0.3, -0.25) is 14.1 Å². The summed E-state index contributed by atoms with van der Waals surface area (Å²) in [6.07, 6.45) is 7.58. The van der Waals surface area contributed by atoms with Crippen LogP contribution < -0.4 is 11.5 Å². The molecule has 0 spiro atoms. The summed E-state index contributed by atoms with van der Waals surface area (Å²) in [5.41, 5.74) is 10.6. The zero-order valence-corrected chi connectivity index (χ0v) is 9.86. The summed E-state index contributed by atoms with van der Waals surface area (Å²) in [7, 11) is -4.67. The van der Waals surface area contributed by atoms with Gasteiger partial charge in [0.25, 0.3) is 0 Å². The first-order valence-corrected chi connectivity index (χ1v) is 6.47. The van der Waals surface area contributed by atoms with Crippen molar-refractivity contribution in [1.82, 2.24) is 0 Å². The van der Waals surface area contributed by atoms with Crippen LogP contribution in [0.2, 0.25) is 0 Å². The third-order valence-electron chi connectivity index (χ3n) is 2.16. The van der Waals surface area contributed by atoms with E-state index in [9.17, 15) is 0 Å². The van der Waals surface area contributed by atoms with Crippen LogP contribution in [0.15, 0.2) is 4.99 Å². The number of guanidine groups is 1. The van der Waals surface area contributed by atoms with E-state index in [0.29, 0.717) is 6.04 Å². The molecule has 0 aromatic rings. The van der Waals surface area contributed by atoms with Gasteiger partial charge in [-0.15, -0.1) is 0 Å². The second kappa shape index (κ2) is 7.42. The molecule has 1 saturated carbocycles. The normalized spacial score (nSPS) is 17.9. The van der Waals surface area contributed by atoms with Crippen LogP contribution in [0.4, 0.5) is 0 Å². The van der Waals surface area contributed by atoms with E-state index in [4.69, 9.17) is 29.0 Å². The largest absolute Gasteiger partial charge is 0.394 e. The van der Waals surface area contributed by atoms with Gasteiger partial charge < -0.3 is 11.5 Å². The van der Waals surface area contributed by atoms with Crippen LogP contribution in [-0.2, 0) is 10.4 Å². The lowest BCUT2D eigenvalue weighted by atomic mass is 10.1. The van der Waals surface area contributed by atoms with Gasteiger partial charge in [-0.2, -0.15) is 8.42 Å². The predicted molar refractivity (Wildman–Crippen MR) is 61.5 cm³/mol. The van der Waals surface area contributed by atoms with Crippen molar-refractivity contribution in [2.75, 3.05) is 0 Å². The Morgan fingerprint density at radius 1 is 1.06 bits per heavy atom. The minimum absolute atomic E-state index is 0.247. The molecule has 0 radical (unpaired) electrons. The van der Waals surface area contributed by atoms with Gasteiger partial charge in [0.1, 0.15) is 0 Å². The summed E-state index contributed by atoms with van der Waals surface area (Å²) in [6, 6.07) is 0.405. The van der Waals surface area contributed by atoms with Crippen LogP contribution >= 0.6 is 0 Å². The highest BCUT2D eigenvalue weighted by Crippen LogP contribution is 2.19. The van der Waals surface area contributed by atoms with Crippen molar-refractivity contribution in [2.24, 2.45) is 16.5 Å². The lowest BCUT2D eigenvalue weighted by Gasteiger charge is -2.07. The number of hydrogen-bond donors (Lipinski definition) is 4. The molecule has 1 rings (SSSR count). The molecule has 7 nitrogen and oxygen atoms in total. The Bertz CT molecular complexity index is 295.